The van der Waals surface area contributed by atoms with Crippen molar-refractivity contribution in [3.8, 4) is 0 Å². The number of alkyl carbamates (subject to hydrolysis) is 1. The number of anilines is 1. The second kappa shape index (κ2) is 8.63. The van der Waals surface area contributed by atoms with Crippen LogP contribution in [0.25, 0.3) is 0 Å². The van der Waals surface area contributed by atoms with E-state index in [9.17, 15) is 28.0 Å². The third-order valence-electron chi connectivity index (χ3n) is 7.72. The molecule has 4 amide bonds. The summed E-state index contributed by atoms with van der Waals surface area (Å²) in [5.41, 5.74) is 0.0913. The fraction of sp³-hybridized carbons (Fsp3) is 0.583. The summed E-state index contributed by atoms with van der Waals surface area (Å²) >= 11 is 0. The zero-order valence-electron chi connectivity index (χ0n) is 18.7. The SMILES string of the molecule is O=C1CCC(c2c(F)cc(N3C[C@H](NC(=O)OCC4CC5(CCC5)C4)CC3=O)cc2F)C(=O)N1. The molecular weight excluding hydrogens is 448 g/mol. The van der Waals surface area contributed by atoms with E-state index in [1.54, 1.807) is 0 Å². The Labute approximate surface area is 195 Å². The Hall–Kier alpha value is -3.04. The number of amides is 4. The van der Waals surface area contributed by atoms with Crippen LogP contribution in [0.5, 0.6) is 0 Å². The second-order valence-corrected chi connectivity index (χ2v) is 10.1. The first-order chi connectivity index (χ1) is 16.2. The van der Waals surface area contributed by atoms with Gasteiger partial charge in [0.05, 0.1) is 18.6 Å². The van der Waals surface area contributed by atoms with Crippen molar-refractivity contribution in [3.63, 3.8) is 0 Å². The summed E-state index contributed by atoms with van der Waals surface area (Å²) < 4.78 is 35.0. The molecule has 34 heavy (non-hydrogen) atoms. The number of nitrogens with one attached hydrogen (secondary N) is 2. The number of halogens is 2. The van der Waals surface area contributed by atoms with Gasteiger partial charge < -0.3 is 15.0 Å². The van der Waals surface area contributed by atoms with Crippen molar-refractivity contribution in [2.75, 3.05) is 18.1 Å². The lowest BCUT2D eigenvalue weighted by Crippen LogP contribution is -2.45. The summed E-state index contributed by atoms with van der Waals surface area (Å²) in [6.45, 7) is 0.410. The normalized spacial score (nSPS) is 26.2. The van der Waals surface area contributed by atoms with E-state index in [0.29, 0.717) is 17.9 Å². The molecule has 2 N–H and O–H groups in total. The number of benzene rings is 1. The molecule has 2 atom stereocenters. The summed E-state index contributed by atoms with van der Waals surface area (Å²) in [7, 11) is 0. The van der Waals surface area contributed by atoms with Gasteiger partial charge in [0.25, 0.3) is 0 Å². The van der Waals surface area contributed by atoms with Crippen LogP contribution >= 0.6 is 0 Å². The summed E-state index contributed by atoms with van der Waals surface area (Å²) in [4.78, 5) is 49.2. The Morgan fingerprint density at radius 2 is 1.88 bits per heavy atom. The number of carbonyl (C=O) groups is 4. The molecule has 1 aromatic rings. The third kappa shape index (κ3) is 4.25. The highest BCUT2D eigenvalue weighted by Crippen LogP contribution is 2.58. The number of ether oxygens (including phenoxy) is 1. The fourth-order valence-corrected chi connectivity index (χ4v) is 5.85. The van der Waals surface area contributed by atoms with Crippen molar-refractivity contribution >= 4 is 29.5 Å². The van der Waals surface area contributed by atoms with E-state index >= 15 is 0 Å². The Morgan fingerprint density at radius 1 is 1.18 bits per heavy atom. The molecule has 2 saturated heterocycles. The minimum Gasteiger partial charge on any atom is -0.449 e. The van der Waals surface area contributed by atoms with E-state index in [0.717, 1.165) is 25.0 Å². The van der Waals surface area contributed by atoms with Gasteiger partial charge in [0.2, 0.25) is 17.7 Å². The van der Waals surface area contributed by atoms with E-state index in [1.165, 1.54) is 24.2 Å². The van der Waals surface area contributed by atoms with Crippen molar-refractivity contribution < 1.29 is 32.7 Å². The van der Waals surface area contributed by atoms with Crippen LogP contribution < -0.4 is 15.5 Å². The van der Waals surface area contributed by atoms with Crippen LogP contribution in [0.3, 0.4) is 0 Å². The van der Waals surface area contributed by atoms with Crippen LogP contribution in [0.15, 0.2) is 12.1 Å². The Kier molecular flexibility index (Phi) is 5.77. The minimum absolute atomic E-state index is 0.00723. The molecule has 1 unspecified atom stereocenters. The van der Waals surface area contributed by atoms with Gasteiger partial charge in [-0.25, -0.2) is 13.6 Å². The van der Waals surface area contributed by atoms with Crippen molar-refractivity contribution in [1.29, 1.82) is 0 Å². The van der Waals surface area contributed by atoms with E-state index < -0.39 is 47.1 Å². The Bertz CT molecular complexity index is 1030. The van der Waals surface area contributed by atoms with Gasteiger partial charge >= 0.3 is 6.09 Å². The molecule has 8 nitrogen and oxygen atoms in total. The molecule has 2 heterocycles. The number of rotatable bonds is 5. The topological polar surface area (TPSA) is 105 Å². The molecule has 10 heteroatoms. The first-order valence-corrected chi connectivity index (χ1v) is 11.8. The van der Waals surface area contributed by atoms with Crippen molar-refractivity contribution in [1.82, 2.24) is 10.6 Å². The largest absolute Gasteiger partial charge is 0.449 e. The monoisotopic (exact) mass is 475 g/mol. The van der Waals surface area contributed by atoms with E-state index in [2.05, 4.69) is 10.6 Å². The van der Waals surface area contributed by atoms with Gasteiger partial charge in [-0.05, 0) is 55.6 Å². The highest BCUT2D eigenvalue weighted by atomic mass is 19.1. The van der Waals surface area contributed by atoms with Crippen molar-refractivity contribution in [2.45, 2.75) is 63.3 Å². The number of imide groups is 1. The second-order valence-electron chi connectivity index (χ2n) is 10.1. The van der Waals surface area contributed by atoms with Gasteiger partial charge in [-0.2, -0.15) is 0 Å². The molecule has 1 aromatic carbocycles. The summed E-state index contributed by atoms with van der Waals surface area (Å²) in [6.07, 6.45) is 5.41. The highest BCUT2D eigenvalue weighted by molar-refractivity contribution is 6.01. The van der Waals surface area contributed by atoms with E-state index in [4.69, 9.17) is 4.74 Å². The molecule has 2 aliphatic heterocycles. The summed E-state index contributed by atoms with van der Waals surface area (Å²) in [6, 6.07) is 1.47. The molecule has 0 aromatic heterocycles. The summed E-state index contributed by atoms with van der Waals surface area (Å²) in [5.74, 6) is -4.25. The first kappa shape index (κ1) is 22.7. The predicted molar refractivity (Wildman–Crippen MR) is 116 cm³/mol. The minimum atomic E-state index is -1.11. The first-order valence-electron chi connectivity index (χ1n) is 11.8. The van der Waals surface area contributed by atoms with Crippen LogP contribution in [-0.4, -0.2) is 43.0 Å². The number of hydrogen-bond acceptors (Lipinski definition) is 5. The third-order valence-corrected chi connectivity index (χ3v) is 7.72. The number of carbonyl (C=O) groups excluding carboxylic acids is 4. The predicted octanol–water partition coefficient (Wildman–Crippen LogP) is 2.90. The van der Waals surface area contributed by atoms with Crippen LogP contribution in [0.4, 0.5) is 19.3 Å². The molecule has 0 radical (unpaired) electrons. The average Bonchev–Trinajstić information content (AvgIpc) is 3.06. The number of hydrogen-bond donors (Lipinski definition) is 2. The van der Waals surface area contributed by atoms with Gasteiger partial charge in [0.1, 0.15) is 11.6 Å². The lowest BCUT2D eigenvalue weighted by molar-refractivity contribution is -0.134. The summed E-state index contributed by atoms with van der Waals surface area (Å²) in [5, 5.41) is 4.76. The van der Waals surface area contributed by atoms with Gasteiger partial charge in [0, 0.05) is 30.6 Å². The lowest BCUT2D eigenvalue weighted by Gasteiger charge is -2.54. The number of piperidine rings is 1. The maximum atomic E-state index is 14.8. The van der Waals surface area contributed by atoms with Crippen LogP contribution in [0.2, 0.25) is 0 Å². The van der Waals surface area contributed by atoms with Gasteiger partial charge in [-0.15, -0.1) is 0 Å². The molecule has 2 aliphatic carbocycles. The highest BCUT2D eigenvalue weighted by Gasteiger charge is 2.48. The van der Waals surface area contributed by atoms with Gasteiger partial charge in [0.15, 0.2) is 0 Å². The van der Waals surface area contributed by atoms with E-state index in [-0.39, 0.29) is 37.4 Å². The van der Waals surface area contributed by atoms with Crippen molar-refractivity contribution in [2.24, 2.45) is 11.3 Å². The smallest absolute Gasteiger partial charge is 0.407 e. The molecule has 0 bridgehead atoms. The quantitative estimate of drug-likeness (QED) is 0.638. The molecule has 4 aliphatic rings. The maximum absolute atomic E-state index is 14.8. The molecule has 4 fully saturated rings. The lowest BCUT2D eigenvalue weighted by atomic mass is 9.52. The zero-order valence-corrected chi connectivity index (χ0v) is 18.7. The molecule has 1 spiro atoms. The van der Waals surface area contributed by atoms with Crippen LogP contribution in [0, 0.1) is 23.0 Å². The number of nitrogens with zero attached hydrogens (tertiary/aromatic N) is 1. The maximum Gasteiger partial charge on any atom is 0.407 e. The Morgan fingerprint density at radius 3 is 2.50 bits per heavy atom. The van der Waals surface area contributed by atoms with Crippen LogP contribution in [0.1, 0.15) is 62.8 Å². The zero-order chi connectivity index (χ0) is 24.0. The standard InChI is InChI=1S/C24H27F2N3O5/c25-17-7-15(8-18(26)21(17)16-2-3-19(30)28-22(16)32)29-11-14(6-20(29)31)27-23(33)34-12-13-9-24(10-13)4-1-5-24/h7-8,13-14,16H,1-6,9-12H2,(H,27,33)(H,28,30,32)/t14-,16?/m1/s1. The molecular formula is C24H27F2N3O5. The van der Waals surface area contributed by atoms with Crippen LogP contribution in [-0.2, 0) is 19.1 Å². The molecule has 2 saturated carbocycles. The average molecular weight is 475 g/mol. The molecule has 5 rings (SSSR count). The van der Waals surface area contributed by atoms with Gasteiger partial charge in [-0.1, -0.05) is 6.42 Å². The van der Waals surface area contributed by atoms with E-state index in [1.807, 2.05) is 0 Å². The fourth-order valence-electron chi connectivity index (χ4n) is 5.85. The van der Waals surface area contributed by atoms with Gasteiger partial charge in [-0.3, -0.25) is 19.7 Å². The van der Waals surface area contributed by atoms with Crippen molar-refractivity contribution in [3.05, 3.63) is 29.3 Å². The molecule has 182 valence electrons. The Balaban J connectivity index is 1.17.